The molecule has 0 atom stereocenters. The van der Waals surface area contributed by atoms with Gasteiger partial charge < -0.3 is 16.8 Å². The maximum absolute atomic E-state index is 11.9. The lowest BCUT2D eigenvalue weighted by molar-refractivity contribution is -0.118. The maximum atomic E-state index is 11.9. The summed E-state index contributed by atoms with van der Waals surface area (Å²) in [6.45, 7) is 0.483. The van der Waals surface area contributed by atoms with Gasteiger partial charge in [0.2, 0.25) is 5.91 Å². The first-order valence-electron chi connectivity index (χ1n) is 6.50. The molecule has 6 N–H and O–H groups in total. The van der Waals surface area contributed by atoms with E-state index >= 15 is 0 Å². The van der Waals surface area contributed by atoms with E-state index in [1.165, 1.54) is 0 Å². The third-order valence-electron chi connectivity index (χ3n) is 3.17. The summed E-state index contributed by atoms with van der Waals surface area (Å²) in [6, 6.07) is 0. The Hall–Kier alpha value is -2.05. The Kier molecular flexibility index (Phi) is 4.03. The molecule has 1 aromatic heterocycles. The molecule has 1 saturated carbocycles. The summed E-state index contributed by atoms with van der Waals surface area (Å²) in [5.41, 5.74) is 12.5. The number of hydrogen-bond donors (Lipinski definition) is 4. The van der Waals surface area contributed by atoms with Crippen molar-refractivity contribution in [3.8, 4) is 0 Å². The number of carbonyl (C=O) groups is 2. The van der Waals surface area contributed by atoms with Crippen LogP contribution in [0.1, 0.15) is 54.2 Å². The topological polar surface area (TPSA) is 127 Å². The normalized spacial score (nSPS) is 14.3. The Morgan fingerprint density at radius 2 is 2.11 bits per heavy atom. The Morgan fingerprint density at radius 1 is 1.37 bits per heavy atom. The highest BCUT2D eigenvalue weighted by Crippen LogP contribution is 2.42. The summed E-state index contributed by atoms with van der Waals surface area (Å²) in [7, 11) is 0. The third-order valence-corrected chi connectivity index (χ3v) is 3.17. The minimum absolute atomic E-state index is 0.261. The number of carbonyl (C=O) groups excluding carboxylic acids is 2. The van der Waals surface area contributed by atoms with E-state index in [-0.39, 0.29) is 17.5 Å². The van der Waals surface area contributed by atoms with Crippen molar-refractivity contribution in [3.05, 3.63) is 11.4 Å². The van der Waals surface area contributed by atoms with E-state index in [1.54, 1.807) is 0 Å². The van der Waals surface area contributed by atoms with Gasteiger partial charge in [0, 0.05) is 18.9 Å². The van der Waals surface area contributed by atoms with E-state index in [1.807, 2.05) is 0 Å². The number of amides is 2. The molecule has 1 fully saturated rings. The van der Waals surface area contributed by atoms with Gasteiger partial charge >= 0.3 is 0 Å². The van der Waals surface area contributed by atoms with Crippen molar-refractivity contribution < 1.29 is 9.59 Å². The van der Waals surface area contributed by atoms with Gasteiger partial charge in [0.1, 0.15) is 0 Å². The third kappa shape index (κ3) is 3.46. The van der Waals surface area contributed by atoms with Gasteiger partial charge in [-0.3, -0.25) is 14.7 Å². The lowest BCUT2D eigenvalue weighted by Gasteiger charge is -2.03. The molecule has 2 rings (SSSR count). The number of nitrogens with two attached hydrogens (primary N) is 2. The van der Waals surface area contributed by atoms with Crippen molar-refractivity contribution in [2.24, 2.45) is 5.73 Å². The second-order valence-corrected chi connectivity index (χ2v) is 4.85. The van der Waals surface area contributed by atoms with Crippen molar-refractivity contribution in [1.29, 1.82) is 0 Å². The van der Waals surface area contributed by atoms with Crippen LogP contribution >= 0.6 is 0 Å². The van der Waals surface area contributed by atoms with E-state index < -0.39 is 0 Å². The van der Waals surface area contributed by atoms with Crippen LogP contribution in [0.3, 0.4) is 0 Å². The molecule has 0 spiro atoms. The minimum Gasteiger partial charge on any atom is -0.395 e. The number of unbranched alkanes of at least 4 members (excludes halogenated alkanes) is 1. The van der Waals surface area contributed by atoms with Gasteiger partial charge in [-0.25, -0.2) is 0 Å². The van der Waals surface area contributed by atoms with Crippen LogP contribution in [0, 0.1) is 0 Å². The molecule has 0 bridgehead atoms. The summed E-state index contributed by atoms with van der Waals surface area (Å²) in [5, 5.41) is 9.54. The predicted molar refractivity (Wildman–Crippen MR) is 70.4 cm³/mol. The molecule has 0 unspecified atom stereocenters. The first kappa shape index (κ1) is 13.4. The average molecular weight is 265 g/mol. The summed E-state index contributed by atoms with van der Waals surface area (Å²) >= 11 is 0. The van der Waals surface area contributed by atoms with Gasteiger partial charge in [-0.05, 0) is 25.7 Å². The summed E-state index contributed by atoms with van der Waals surface area (Å²) < 4.78 is 0. The van der Waals surface area contributed by atoms with E-state index in [2.05, 4.69) is 15.5 Å². The lowest BCUT2D eigenvalue weighted by atomic mass is 10.2. The molecular weight excluding hydrogens is 246 g/mol. The van der Waals surface area contributed by atoms with Gasteiger partial charge in [0.15, 0.2) is 5.69 Å². The highest BCUT2D eigenvalue weighted by molar-refractivity contribution is 5.97. The summed E-state index contributed by atoms with van der Waals surface area (Å²) in [5.74, 6) is -0.165. The largest absolute Gasteiger partial charge is 0.395 e. The van der Waals surface area contributed by atoms with Crippen molar-refractivity contribution in [2.45, 2.75) is 38.0 Å². The van der Waals surface area contributed by atoms with E-state index in [0.717, 1.165) is 18.5 Å². The number of nitrogens with zero attached hydrogens (tertiary/aromatic N) is 1. The monoisotopic (exact) mass is 265 g/mol. The zero-order valence-corrected chi connectivity index (χ0v) is 10.7. The molecule has 7 heteroatoms. The number of H-pyrrole nitrogens is 1. The van der Waals surface area contributed by atoms with E-state index in [0.29, 0.717) is 37.4 Å². The van der Waals surface area contributed by atoms with Crippen molar-refractivity contribution in [3.63, 3.8) is 0 Å². The number of nitrogen functional groups attached to an aromatic ring is 1. The predicted octanol–water partition coefficient (Wildman–Crippen LogP) is 0.255. The van der Waals surface area contributed by atoms with E-state index in [4.69, 9.17) is 11.5 Å². The number of nitrogens with one attached hydrogen (secondary N) is 2. The number of anilines is 1. The van der Waals surface area contributed by atoms with Crippen LogP contribution in [0.15, 0.2) is 0 Å². The smallest absolute Gasteiger partial charge is 0.273 e. The Morgan fingerprint density at radius 3 is 2.74 bits per heavy atom. The molecule has 0 aromatic carbocycles. The molecule has 0 radical (unpaired) electrons. The quantitative estimate of drug-likeness (QED) is 0.527. The SMILES string of the molecule is NC(=O)CCCCNC(=O)c1n[nH]c(C2CC2)c1N. The minimum atomic E-state index is -0.322. The molecule has 0 saturated heterocycles. The molecule has 104 valence electrons. The van der Waals surface area contributed by atoms with Crippen LogP contribution in [0.2, 0.25) is 0 Å². The molecule has 1 heterocycles. The first-order valence-corrected chi connectivity index (χ1v) is 6.50. The number of rotatable bonds is 7. The fourth-order valence-corrected chi connectivity index (χ4v) is 1.93. The van der Waals surface area contributed by atoms with E-state index in [9.17, 15) is 9.59 Å². The number of hydrogen-bond acceptors (Lipinski definition) is 4. The Bertz CT molecular complexity index is 478. The Balaban J connectivity index is 1.78. The molecule has 1 aliphatic carbocycles. The highest BCUT2D eigenvalue weighted by atomic mass is 16.2. The van der Waals surface area contributed by atoms with Crippen LogP contribution in [0.4, 0.5) is 5.69 Å². The van der Waals surface area contributed by atoms with Gasteiger partial charge in [-0.2, -0.15) is 5.10 Å². The molecule has 0 aliphatic heterocycles. The summed E-state index contributed by atoms with van der Waals surface area (Å²) in [4.78, 5) is 22.4. The van der Waals surface area contributed by atoms with Crippen molar-refractivity contribution in [1.82, 2.24) is 15.5 Å². The van der Waals surface area contributed by atoms with Crippen LogP contribution < -0.4 is 16.8 Å². The van der Waals surface area contributed by atoms with Gasteiger partial charge in [0.25, 0.3) is 5.91 Å². The van der Waals surface area contributed by atoms with Crippen molar-refractivity contribution >= 4 is 17.5 Å². The average Bonchev–Trinajstić information content (AvgIpc) is 3.12. The van der Waals surface area contributed by atoms with Gasteiger partial charge in [0.05, 0.1) is 11.4 Å². The first-order chi connectivity index (χ1) is 9.09. The molecule has 2 amide bonds. The van der Waals surface area contributed by atoms with Gasteiger partial charge in [-0.15, -0.1) is 0 Å². The standard InChI is InChI=1S/C12H19N5O2/c13-8(18)3-1-2-6-15-12(19)11-9(14)10(16-17-11)7-4-5-7/h7H,1-6,14H2,(H2,13,18)(H,15,19)(H,16,17). The number of aromatic nitrogens is 2. The molecule has 1 aromatic rings. The lowest BCUT2D eigenvalue weighted by Crippen LogP contribution is -2.26. The van der Waals surface area contributed by atoms with Crippen LogP contribution in [0.25, 0.3) is 0 Å². The van der Waals surface area contributed by atoms with Crippen LogP contribution in [-0.4, -0.2) is 28.6 Å². The molecule has 19 heavy (non-hydrogen) atoms. The fourth-order valence-electron chi connectivity index (χ4n) is 1.93. The second kappa shape index (κ2) is 5.73. The molecular formula is C12H19N5O2. The van der Waals surface area contributed by atoms with Crippen LogP contribution in [-0.2, 0) is 4.79 Å². The number of primary amides is 1. The zero-order valence-electron chi connectivity index (χ0n) is 10.7. The van der Waals surface area contributed by atoms with Crippen molar-refractivity contribution in [2.75, 3.05) is 12.3 Å². The molecule has 7 nitrogen and oxygen atoms in total. The number of aromatic amines is 1. The summed E-state index contributed by atoms with van der Waals surface area (Å²) in [6.07, 6.45) is 3.90. The maximum Gasteiger partial charge on any atom is 0.273 e. The highest BCUT2D eigenvalue weighted by Gasteiger charge is 2.30. The van der Waals surface area contributed by atoms with Crippen LogP contribution in [0.5, 0.6) is 0 Å². The molecule has 1 aliphatic rings. The second-order valence-electron chi connectivity index (χ2n) is 4.85. The fraction of sp³-hybridized carbons (Fsp3) is 0.583. The zero-order chi connectivity index (χ0) is 13.8. The van der Waals surface area contributed by atoms with Gasteiger partial charge in [-0.1, -0.05) is 0 Å². The Labute approximate surface area is 111 Å².